The molecule has 9 heteroatoms. The minimum atomic E-state index is -3.45. The maximum atomic E-state index is 15.4. The molecule has 2 aromatic heterocycles. The van der Waals surface area contributed by atoms with E-state index < -0.39 is 6.05 Å². The molecule has 1 N–H and O–H groups in total. The van der Waals surface area contributed by atoms with Gasteiger partial charge < -0.3 is 9.73 Å². The normalized spacial score (nSPS) is 11.4. The number of nitrogens with zero attached hydrogens (tertiary/aromatic N) is 3. The molecule has 4 rings (SSSR count). The molecular weight excluding hydrogens is 410 g/mol. The highest BCUT2D eigenvalue weighted by Gasteiger charge is 2.40. The van der Waals surface area contributed by atoms with E-state index in [0.717, 1.165) is 11.8 Å². The number of anilines is 1. The minimum Gasteiger partial charge on any atom is -0.461 e. The second-order valence-corrected chi connectivity index (χ2v) is 7.17. The van der Waals surface area contributed by atoms with Crippen molar-refractivity contribution in [2.45, 2.75) is 11.2 Å². The van der Waals surface area contributed by atoms with E-state index in [1.807, 2.05) is 6.07 Å². The van der Waals surface area contributed by atoms with Crippen LogP contribution in [0, 0.1) is 0 Å². The van der Waals surface area contributed by atoms with E-state index >= 15 is 8.78 Å². The predicted octanol–water partition coefficient (Wildman–Crippen LogP) is 4.87. The van der Waals surface area contributed by atoms with Crippen LogP contribution in [0.1, 0.15) is 5.56 Å². The van der Waals surface area contributed by atoms with E-state index in [1.54, 1.807) is 36.4 Å². The number of halogens is 2. The quantitative estimate of drug-likeness (QED) is 0.427. The molecule has 0 saturated carbocycles. The summed E-state index contributed by atoms with van der Waals surface area (Å²) >= 11 is 0.870. The summed E-state index contributed by atoms with van der Waals surface area (Å²) in [4.78, 5) is 12.3. The summed E-state index contributed by atoms with van der Waals surface area (Å²) in [6, 6.07) is 15.9. The van der Waals surface area contributed by atoms with E-state index in [0.29, 0.717) is 10.3 Å². The highest BCUT2D eigenvalue weighted by Crippen LogP contribution is 2.37. The number of thioether (sulfide) groups is 1. The molecule has 0 spiro atoms. The molecule has 2 aromatic carbocycles. The largest absolute Gasteiger partial charge is 0.461 e. The standard InChI is InChI=1S/C21H16F2N4O2S/c22-21(23,15-8-3-1-4-9-15)27-19(17-12-7-13-29-17)25-26-20(27)30-14-18(28)24-16-10-5-2-6-11-16/h1-13H,14H2,(H,24,28). The lowest BCUT2D eigenvalue weighted by Gasteiger charge is -2.21. The SMILES string of the molecule is O=C(CSc1nnc(-c2ccco2)n1C(F)(F)c1ccccc1)Nc1ccccc1. The number of hydrogen-bond donors (Lipinski definition) is 1. The lowest BCUT2D eigenvalue weighted by Crippen LogP contribution is -2.26. The van der Waals surface area contributed by atoms with Crippen molar-refractivity contribution in [3.05, 3.63) is 84.6 Å². The number of furan rings is 1. The van der Waals surface area contributed by atoms with Crippen LogP contribution < -0.4 is 5.32 Å². The zero-order valence-corrected chi connectivity index (χ0v) is 16.4. The molecule has 6 nitrogen and oxygen atoms in total. The molecule has 0 aliphatic carbocycles. The Morgan fingerprint density at radius 1 is 1.00 bits per heavy atom. The number of amides is 1. The molecule has 0 unspecified atom stereocenters. The molecule has 0 bridgehead atoms. The van der Waals surface area contributed by atoms with Gasteiger partial charge in [0.1, 0.15) is 0 Å². The van der Waals surface area contributed by atoms with Crippen LogP contribution >= 0.6 is 11.8 Å². The summed E-state index contributed by atoms with van der Waals surface area (Å²) < 4.78 is 36.8. The Hall–Kier alpha value is -3.46. The van der Waals surface area contributed by atoms with Crippen LogP contribution in [0.2, 0.25) is 0 Å². The molecular formula is C21H16F2N4O2S. The van der Waals surface area contributed by atoms with Gasteiger partial charge in [-0.15, -0.1) is 10.2 Å². The first-order valence-corrected chi connectivity index (χ1v) is 9.95. The maximum absolute atomic E-state index is 15.4. The fraction of sp³-hybridized carbons (Fsp3) is 0.0952. The maximum Gasteiger partial charge on any atom is 0.359 e. The first-order valence-electron chi connectivity index (χ1n) is 8.96. The number of rotatable bonds is 7. The van der Waals surface area contributed by atoms with E-state index in [-0.39, 0.29) is 34.0 Å². The van der Waals surface area contributed by atoms with Gasteiger partial charge in [0.2, 0.25) is 11.7 Å². The van der Waals surface area contributed by atoms with Gasteiger partial charge in [0.05, 0.1) is 12.0 Å². The van der Waals surface area contributed by atoms with E-state index in [4.69, 9.17) is 4.42 Å². The van der Waals surface area contributed by atoms with Gasteiger partial charge in [-0.1, -0.05) is 60.3 Å². The van der Waals surface area contributed by atoms with Crippen molar-refractivity contribution >= 4 is 23.4 Å². The fourth-order valence-electron chi connectivity index (χ4n) is 2.80. The molecule has 0 radical (unpaired) electrons. The minimum absolute atomic E-state index is 0.0986. The topological polar surface area (TPSA) is 73.0 Å². The fourth-order valence-corrected chi connectivity index (χ4v) is 3.56. The van der Waals surface area contributed by atoms with Crippen molar-refractivity contribution in [3.8, 4) is 11.6 Å². The third-order valence-electron chi connectivity index (χ3n) is 4.17. The number of nitrogens with one attached hydrogen (secondary N) is 1. The van der Waals surface area contributed by atoms with Crippen LogP contribution in [0.25, 0.3) is 11.6 Å². The molecule has 0 fully saturated rings. The van der Waals surface area contributed by atoms with Gasteiger partial charge in [0.15, 0.2) is 10.9 Å². The Balaban J connectivity index is 1.63. The van der Waals surface area contributed by atoms with E-state index in [2.05, 4.69) is 15.5 Å². The van der Waals surface area contributed by atoms with Crippen LogP contribution in [0.15, 0.2) is 88.6 Å². The zero-order valence-electron chi connectivity index (χ0n) is 15.5. The molecule has 0 aliphatic heterocycles. The molecule has 0 aliphatic rings. The van der Waals surface area contributed by atoms with E-state index in [9.17, 15) is 4.79 Å². The highest BCUT2D eigenvalue weighted by molar-refractivity contribution is 7.99. The number of para-hydroxylation sites is 1. The highest BCUT2D eigenvalue weighted by atomic mass is 32.2. The van der Waals surface area contributed by atoms with Gasteiger partial charge in [-0.3, -0.25) is 4.79 Å². The monoisotopic (exact) mass is 426 g/mol. The summed E-state index contributed by atoms with van der Waals surface area (Å²) in [5.41, 5.74) is 0.392. The van der Waals surface area contributed by atoms with Crippen molar-refractivity contribution in [1.29, 1.82) is 0 Å². The number of alkyl halides is 2. The Kier molecular flexibility index (Phi) is 5.62. The van der Waals surface area contributed by atoms with Crippen LogP contribution in [-0.4, -0.2) is 26.4 Å². The van der Waals surface area contributed by atoms with Crippen molar-refractivity contribution < 1.29 is 18.0 Å². The lowest BCUT2D eigenvalue weighted by atomic mass is 10.2. The number of hydrogen-bond acceptors (Lipinski definition) is 5. The number of carbonyl (C=O) groups is 1. The molecule has 0 atom stereocenters. The van der Waals surface area contributed by atoms with Crippen molar-refractivity contribution in [2.75, 3.05) is 11.1 Å². The third-order valence-corrected chi connectivity index (χ3v) is 5.10. The molecule has 152 valence electrons. The Morgan fingerprint density at radius 3 is 2.37 bits per heavy atom. The summed E-state index contributed by atoms with van der Waals surface area (Å²) in [5, 5.41) is 10.4. The summed E-state index contributed by atoms with van der Waals surface area (Å²) in [6.45, 7) is 0. The van der Waals surface area contributed by atoms with Gasteiger partial charge in [0, 0.05) is 11.3 Å². The third kappa shape index (κ3) is 4.11. The van der Waals surface area contributed by atoms with Crippen LogP contribution in [0.4, 0.5) is 14.5 Å². The van der Waals surface area contributed by atoms with Crippen LogP contribution in [0.3, 0.4) is 0 Å². The number of aromatic nitrogens is 3. The molecule has 30 heavy (non-hydrogen) atoms. The van der Waals surface area contributed by atoms with Crippen molar-refractivity contribution in [1.82, 2.24) is 14.8 Å². The summed E-state index contributed by atoms with van der Waals surface area (Å²) in [5.74, 6) is -0.433. The summed E-state index contributed by atoms with van der Waals surface area (Å²) in [7, 11) is 0. The molecule has 0 saturated heterocycles. The second kappa shape index (κ2) is 8.50. The molecule has 1 amide bonds. The average Bonchev–Trinajstić information content (AvgIpc) is 3.43. The Labute approximate surface area is 174 Å². The van der Waals surface area contributed by atoms with Crippen molar-refractivity contribution in [3.63, 3.8) is 0 Å². The van der Waals surface area contributed by atoms with Crippen LogP contribution in [0.5, 0.6) is 0 Å². The molecule has 4 aromatic rings. The zero-order chi connectivity index (χ0) is 21.0. The first kappa shape index (κ1) is 19.8. The van der Waals surface area contributed by atoms with Gasteiger partial charge in [0.25, 0.3) is 0 Å². The van der Waals surface area contributed by atoms with Gasteiger partial charge in [-0.2, -0.15) is 8.78 Å². The number of carbonyl (C=O) groups excluding carboxylic acids is 1. The van der Waals surface area contributed by atoms with Gasteiger partial charge in [-0.05, 0) is 24.3 Å². The lowest BCUT2D eigenvalue weighted by molar-refractivity contribution is -0.113. The smallest absolute Gasteiger partial charge is 0.359 e. The van der Waals surface area contributed by atoms with Crippen LogP contribution in [-0.2, 0) is 10.8 Å². The number of benzene rings is 2. The summed E-state index contributed by atoms with van der Waals surface area (Å²) in [6.07, 6.45) is 1.37. The first-order chi connectivity index (χ1) is 14.6. The Bertz CT molecular complexity index is 1120. The van der Waals surface area contributed by atoms with Gasteiger partial charge in [-0.25, -0.2) is 4.57 Å². The van der Waals surface area contributed by atoms with Gasteiger partial charge >= 0.3 is 6.05 Å². The molecule has 2 heterocycles. The second-order valence-electron chi connectivity index (χ2n) is 6.23. The Morgan fingerprint density at radius 2 is 1.70 bits per heavy atom. The predicted molar refractivity (Wildman–Crippen MR) is 109 cm³/mol. The average molecular weight is 426 g/mol. The van der Waals surface area contributed by atoms with Crippen molar-refractivity contribution in [2.24, 2.45) is 0 Å². The van der Waals surface area contributed by atoms with E-state index in [1.165, 1.54) is 36.6 Å².